The second-order valence-corrected chi connectivity index (χ2v) is 4.28. The van der Waals surface area contributed by atoms with Crippen molar-refractivity contribution in [2.75, 3.05) is 6.61 Å². The van der Waals surface area contributed by atoms with E-state index in [0.717, 1.165) is 19.8 Å². The smallest absolute Gasteiger partial charge is 0.338 e. The average Bonchev–Trinajstić information content (AvgIpc) is 2.52. The van der Waals surface area contributed by atoms with Crippen LogP contribution in [0.3, 0.4) is 0 Å². The summed E-state index contributed by atoms with van der Waals surface area (Å²) in [6.07, 6.45) is 2.11. The Morgan fingerprint density at radius 3 is 2.14 bits per heavy atom. The number of aliphatic hydroxyl groups excluding tert-OH is 1. The van der Waals surface area contributed by atoms with Gasteiger partial charge in [-0.3, -0.25) is 4.79 Å². The van der Waals surface area contributed by atoms with Gasteiger partial charge in [-0.1, -0.05) is 51.8 Å². The maximum atomic E-state index is 11.5. The molecule has 1 aromatic carbocycles. The zero-order valence-corrected chi connectivity index (χ0v) is 13.9. The SMILES string of the molecule is CC.CC(=O)O.CCCCC(O)COC(=O)c1ccccc1. The molecule has 0 aliphatic rings. The minimum Gasteiger partial charge on any atom is -0.481 e. The van der Waals surface area contributed by atoms with Gasteiger partial charge in [-0.15, -0.1) is 0 Å². The molecule has 1 rings (SSSR count). The summed E-state index contributed by atoms with van der Waals surface area (Å²) in [6, 6.07) is 8.79. The van der Waals surface area contributed by atoms with Gasteiger partial charge in [0.25, 0.3) is 5.97 Å². The Hall–Kier alpha value is -1.88. The first-order valence-electron chi connectivity index (χ1n) is 7.57. The summed E-state index contributed by atoms with van der Waals surface area (Å²) >= 11 is 0. The summed E-state index contributed by atoms with van der Waals surface area (Å²) in [5.41, 5.74) is 0.519. The molecule has 0 aliphatic heterocycles. The summed E-state index contributed by atoms with van der Waals surface area (Å²) in [5, 5.41) is 16.9. The molecule has 5 heteroatoms. The van der Waals surface area contributed by atoms with Crippen molar-refractivity contribution in [3.8, 4) is 0 Å². The molecule has 2 N–H and O–H groups in total. The lowest BCUT2D eigenvalue weighted by Gasteiger charge is -2.10. The zero-order valence-electron chi connectivity index (χ0n) is 13.9. The molecular formula is C17H28O5. The number of carbonyl (C=O) groups is 2. The first kappa shape index (κ1) is 22.4. The normalized spacial score (nSPS) is 10.2. The van der Waals surface area contributed by atoms with E-state index in [2.05, 4.69) is 6.92 Å². The van der Waals surface area contributed by atoms with Gasteiger partial charge in [-0.25, -0.2) is 4.79 Å². The third-order valence-electron chi connectivity index (χ3n) is 2.31. The number of hydrogen-bond acceptors (Lipinski definition) is 4. The molecule has 0 saturated carbocycles. The number of ether oxygens (including phenoxy) is 1. The average molecular weight is 312 g/mol. The van der Waals surface area contributed by atoms with Gasteiger partial charge >= 0.3 is 5.97 Å². The van der Waals surface area contributed by atoms with Crippen molar-refractivity contribution >= 4 is 11.9 Å². The molecule has 0 aromatic heterocycles. The lowest BCUT2D eigenvalue weighted by Crippen LogP contribution is -2.18. The minimum atomic E-state index is -0.833. The Kier molecular flexibility index (Phi) is 15.8. The molecule has 0 amide bonds. The third kappa shape index (κ3) is 14.5. The molecule has 0 spiro atoms. The number of benzene rings is 1. The van der Waals surface area contributed by atoms with E-state index < -0.39 is 12.1 Å². The summed E-state index contributed by atoms with van der Waals surface area (Å²) < 4.78 is 5.00. The predicted octanol–water partition coefficient (Wildman–Crippen LogP) is 3.51. The predicted molar refractivity (Wildman–Crippen MR) is 86.9 cm³/mol. The van der Waals surface area contributed by atoms with E-state index in [1.165, 1.54) is 0 Å². The number of rotatable bonds is 6. The van der Waals surface area contributed by atoms with E-state index >= 15 is 0 Å². The largest absolute Gasteiger partial charge is 0.481 e. The number of aliphatic hydroxyl groups is 1. The van der Waals surface area contributed by atoms with Gasteiger partial charge in [0.1, 0.15) is 6.61 Å². The fourth-order valence-corrected chi connectivity index (χ4v) is 1.35. The number of aliphatic carboxylic acids is 1. The molecule has 1 unspecified atom stereocenters. The monoisotopic (exact) mass is 312 g/mol. The van der Waals surface area contributed by atoms with Crippen LogP contribution in [0.25, 0.3) is 0 Å². The van der Waals surface area contributed by atoms with Gasteiger partial charge in [-0.05, 0) is 18.6 Å². The van der Waals surface area contributed by atoms with Gasteiger partial charge in [0.15, 0.2) is 0 Å². The van der Waals surface area contributed by atoms with Crippen molar-refractivity contribution in [1.82, 2.24) is 0 Å². The van der Waals surface area contributed by atoms with Gasteiger partial charge in [-0.2, -0.15) is 0 Å². The van der Waals surface area contributed by atoms with Crippen LogP contribution in [0.1, 0.15) is 57.3 Å². The molecule has 5 nitrogen and oxygen atoms in total. The highest BCUT2D eigenvalue weighted by Gasteiger charge is 2.09. The van der Waals surface area contributed by atoms with E-state index in [0.29, 0.717) is 12.0 Å². The highest BCUT2D eigenvalue weighted by molar-refractivity contribution is 5.89. The Labute approximate surface area is 132 Å². The Morgan fingerprint density at radius 1 is 1.18 bits per heavy atom. The van der Waals surface area contributed by atoms with Crippen molar-refractivity contribution in [2.24, 2.45) is 0 Å². The van der Waals surface area contributed by atoms with Gasteiger partial charge in [0.2, 0.25) is 0 Å². The van der Waals surface area contributed by atoms with Crippen LogP contribution >= 0.6 is 0 Å². The number of unbranched alkanes of at least 4 members (excludes halogenated alkanes) is 1. The summed E-state index contributed by atoms with van der Waals surface area (Å²) in [6.45, 7) is 7.22. The highest BCUT2D eigenvalue weighted by Crippen LogP contribution is 2.04. The molecule has 0 radical (unpaired) electrons. The van der Waals surface area contributed by atoms with Crippen LogP contribution in [0.15, 0.2) is 30.3 Å². The molecule has 0 heterocycles. The van der Waals surface area contributed by atoms with Crippen molar-refractivity contribution < 1.29 is 24.5 Å². The fourth-order valence-electron chi connectivity index (χ4n) is 1.35. The highest BCUT2D eigenvalue weighted by atomic mass is 16.5. The van der Waals surface area contributed by atoms with Crippen molar-refractivity contribution in [3.05, 3.63) is 35.9 Å². The number of carbonyl (C=O) groups excluding carboxylic acids is 1. The Balaban J connectivity index is 0. The summed E-state index contributed by atoms with van der Waals surface area (Å²) in [7, 11) is 0. The number of carboxylic acid groups (broad SMARTS) is 1. The van der Waals surface area contributed by atoms with Crippen molar-refractivity contribution in [3.63, 3.8) is 0 Å². The van der Waals surface area contributed by atoms with Crippen molar-refractivity contribution in [2.45, 2.75) is 53.1 Å². The van der Waals surface area contributed by atoms with E-state index in [1.54, 1.807) is 24.3 Å². The molecule has 126 valence electrons. The summed E-state index contributed by atoms with van der Waals surface area (Å²) in [5.74, 6) is -1.21. The van der Waals surface area contributed by atoms with Crippen LogP contribution in [0.2, 0.25) is 0 Å². The molecule has 0 fully saturated rings. The third-order valence-corrected chi connectivity index (χ3v) is 2.31. The van der Waals surface area contributed by atoms with Crippen LogP contribution < -0.4 is 0 Å². The molecule has 1 aromatic rings. The number of hydrogen-bond donors (Lipinski definition) is 2. The fraction of sp³-hybridized carbons (Fsp3) is 0.529. The summed E-state index contributed by atoms with van der Waals surface area (Å²) in [4.78, 5) is 20.5. The van der Waals surface area contributed by atoms with Crippen LogP contribution in [0, 0.1) is 0 Å². The lowest BCUT2D eigenvalue weighted by atomic mass is 10.2. The Morgan fingerprint density at radius 2 is 1.68 bits per heavy atom. The van der Waals surface area contributed by atoms with E-state index in [9.17, 15) is 9.90 Å². The van der Waals surface area contributed by atoms with Gasteiger partial charge in [0.05, 0.1) is 11.7 Å². The maximum absolute atomic E-state index is 11.5. The van der Waals surface area contributed by atoms with Gasteiger partial charge in [0, 0.05) is 6.92 Å². The molecule has 0 bridgehead atoms. The van der Waals surface area contributed by atoms with Crippen LogP contribution in [-0.4, -0.2) is 34.9 Å². The molecule has 1 atom stereocenters. The van der Waals surface area contributed by atoms with Gasteiger partial charge < -0.3 is 14.9 Å². The van der Waals surface area contributed by atoms with Crippen LogP contribution in [0.5, 0.6) is 0 Å². The lowest BCUT2D eigenvalue weighted by molar-refractivity contribution is -0.134. The van der Waals surface area contributed by atoms with E-state index in [4.69, 9.17) is 14.6 Å². The quantitative estimate of drug-likeness (QED) is 0.785. The molecule has 0 aliphatic carbocycles. The first-order chi connectivity index (χ1) is 10.5. The molecule has 0 saturated heterocycles. The second kappa shape index (κ2) is 15.5. The topological polar surface area (TPSA) is 83.8 Å². The Bertz CT molecular complexity index is 385. The van der Waals surface area contributed by atoms with Crippen LogP contribution in [0.4, 0.5) is 0 Å². The molecular weight excluding hydrogens is 284 g/mol. The zero-order chi connectivity index (χ0) is 17.4. The molecule has 22 heavy (non-hydrogen) atoms. The first-order valence-corrected chi connectivity index (χ1v) is 7.57. The second-order valence-electron chi connectivity index (χ2n) is 4.28. The number of carboxylic acids is 1. The van der Waals surface area contributed by atoms with E-state index in [-0.39, 0.29) is 12.6 Å². The van der Waals surface area contributed by atoms with Crippen molar-refractivity contribution in [1.29, 1.82) is 0 Å². The number of esters is 1. The standard InChI is InChI=1S/C13H18O3.C2H4O2.C2H6/c1-2-3-9-12(14)10-16-13(15)11-7-5-4-6-8-11;1-2(3)4;1-2/h4-8,12,14H,2-3,9-10H2,1H3;1H3,(H,3,4);1-2H3. The van der Waals surface area contributed by atoms with E-state index in [1.807, 2.05) is 19.9 Å². The van der Waals surface area contributed by atoms with Crippen LogP contribution in [-0.2, 0) is 9.53 Å². The maximum Gasteiger partial charge on any atom is 0.338 e. The minimum absolute atomic E-state index is 0.0771.